The quantitative estimate of drug-likeness (QED) is 0.847. The molecule has 1 aromatic rings. The average Bonchev–Trinajstić information content (AvgIpc) is 2.53. The Kier molecular flexibility index (Phi) is 4.39. The van der Waals surface area contributed by atoms with E-state index in [1.54, 1.807) is 7.11 Å². The molecular formula is C18H28N2O. The molecule has 0 saturated carbocycles. The van der Waals surface area contributed by atoms with Crippen LogP contribution in [0.25, 0.3) is 0 Å². The maximum absolute atomic E-state index is 5.63. The van der Waals surface area contributed by atoms with Crippen molar-refractivity contribution >= 4 is 5.69 Å². The third-order valence-electron chi connectivity index (χ3n) is 5.16. The van der Waals surface area contributed by atoms with Gasteiger partial charge in [-0.25, -0.2) is 0 Å². The van der Waals surface area contributed by atoms with Gasteiger partial charge < -0.3 is 9.64 Å². The zero-order valence-electron chi connectivity index (χ0n) is 13.6. The standard InChI is InChI=1S/C18H28N2O/c1-4-15-12-19-10-6-5-7-16(19)13-20(15)17-11-14(2)8-9-18(17)21-3/h8-9,11,15-16H,4-7,10,12-13H2,1-3H3. The lowest BCUT2D eigenvalue weighted by molar-refractivity contribution is 0.110. The lowest BCUT2D eigenvalue weighted by Crippen LogP contribution is -2.59. The first-order valence-corrected chi connectivity index (χ1v) is 8.38. The minimum Gasteiger partial charge on any atom is -0.495 e. The molecule has 2 unspecified atom stereocenters. The molecule has 2 aliphatic heterocycles. The Balaban J connectivity index is 1.90. The minimum atomic E-state index is 0.607. The summed E-state index contributed by atoms with van der Waals surface area (Å²) in [6.45, 7) is 8.13. The van der Waals surface area contributed by atoms with Crippen LogP contribution in [0.2, 0.25) is 0 Å². The van der Waals surface area contributed by atoms with Crippen LogP contribution >= 0.6 is 0 Å². The van der Waals surface area contributed by atoms with E-state index in [4.69, 9.17) is 4.74 Å². The van der Waals surface area contributed by atoms with E-state index in [9.17, 15) is 0 Å². The summed E-state index contributed by atoms with van der Waals surface area (Å²) in [4.78, 5) is 5.33. The van der Waals surface area contributed by atoms with Gasteiger partial charge in [0.2, 0.25) is 0 Å². The number of fused-ring (bicyclic) bond motifs is 1. The molecule has 0 aromatic heterocycles. The van der Waals surface area contributed by atoms with Crippen molar-refractivity contribution in [1.82, 2.24) is 4.90 Å². The number of piperazine rings is 1. The molecule has 0 radical (unpaired) electrons. The first-order chi connectivity index (χ1) is 10.2. The Bertz CT molecular complexity index is 488. The van der Waals surface area contributed by atoms with Gasteiger partial charge in [-0.1, -0.05) is 19.4 Å². The molecule has 2 saturated heterocycles. The van der Waals surface area contributed by atoms with Crippen LogP contribution in [0.4, 0.5) is 5.69 Å². The summed E-state index contributed by atoms with van der Waals surface area (Å²) in [6.07, 6.45) is 5.30. The van der Waals surface area contributed by atoms with Crippen LogP contribution in [0.5, 0.6) is 5.75 Å². The van der Waals surface area contributed by atoms with Gasteiger partial charge in [-0.15, -0.1) is 0 Å². The van der Waals surface area contributed by atoms with Crippen molar-refractivity contribution in [2.24, 2.45) is 0 Å². The van der Waals surface area contributed by atoms with Gasteiger partial charge in [0, 0.05) is 25.2 Å². The van der Waals surface area contributed by atoms with Gasteiger partial charge in [-0.05, 0) is 50.4 Å². The summed E-state index contributed by atoms with van der Waals surface area (Å²) in [5.74, 6) is 1.02. The van der Waals surface area contributed by atoms with Crippen molar-refractivity contribution in [2.75, 3.05) is 31.6 Å². The predicted molar refractivity (Wildman–Crippen MR) is 88.4 cm³/mol. The van der Waals surface area contributed by atoms with Crippen molar-refractivity contribution in [2.45, 2.75) is 51.6 Å². The first kappa shape index (κ1) is 14.7. The summed E-state index contributed by atoms with van der Waals surface area (Å²) >= 11 is 0. The van der Waals surface area contributed by atoms with Crippen molar-refractivity contribution < 1.29 is 4.74 Å². The van der Waals surface area contributed by atoms with Crippen LogP contribution in [-0.4, -0.2) is 43.7 Å². The molecule has 1 aromatic carbocycles. The second-order valence-corrected chi connectivity index (χ2v) is 6.53. The molecule has 3 rings (SSSR count). The highest BCUT2D eigenvalue weighted by molar-refractivity contribution is 5.61. The van der Waals surface area contributed by atoms with Crippen LogP contribution in [-0.2, 0) is 0 Å². The van der Waals surface area contributed by atoms with E-state index >= 15 is 0 Å². The Morgan fingerprint density at radius 2 is 2.10 bits per heavy atom. The van der Waals surface area contributed by atoms with E-state index in [2.05, 4.69) is 41.8 Å². The number of ether oxygens (including phenoxy) is 1. The largest absolute Gasteiger partial charge is 0.495 e. The first-order valence-electron chi connectivity index (χ1n) is 8.38. The lowest BCUT2D eigenvalue weighted by atomic mass is 9.95. The van der Waals surface area contributed by atoms with Crippen molar-refractivity contribution in [3.8, 4) is 5.75 Å². The number of piperidine rings is 1. The SMILES string of the molecule is CCC1CN2CCCCC2CN1c1cc(C)ccc1OC. The van der Waals surface area contributed by atoms with Gasteiger partial charge >= 0.3 is 0 Å². The number of anilines is 1. The number of rotatable bonds is 3. The molecule has 3 nitrogen and oxygen atoms in total. The predicted octanol–water partition coefficient (Wildman–Crippen LogP) is 3.46. The summed E-state index contributed by atoms with van der Waals surface area (Å²) in [6, 6.07) is 7.88. The molecule has 0 spiro atoms. The van der Waals surface area contributed by atoms with E-state index < -0.39 is 0 Å². The maximum atomic E-state index is 5.63. The number of methoxy groups -OCH3 is 1. The van der Waals surface area contributed by atoms with Crippen LogP contribution in [0.3, 0.4) is 0 Å². The van der Waals surface area contributed by atoms with Crippen molar-refractivity contribution in [3.63, 3.8) is 0 Å². The monoisotopic (exact) mass is 288 g/mol. The number of hydrogen-bond donors (Lipinski definition) is 0. The maximum Gasteiger partial charge on any atom is 0.142 e. The minimum absolute atomic E-state index is 0.607. The molecule has 2 heterocycles. The molecule has 0 bridgehead atoms. The molecular weight excluding hydrogens is 260 g/mol. The summed E-state index contributed by atoms with van der Waals surface area (Å²) in [5.41, 5.74) is 2.60. The van der Waals surface area contributed by atoms with E-state index in [-0.39, 0.29) is 0 Å². The van der Waals surface area contributed by atoms with Gasteiger partial charge in [0.1, 0.15) is 5.75 Å². The Hall–Kier alpha value is -1.22. The Morgan fingerprint density at radius 1 is 1.24 bits per heavy atom. The van der Waals surface area contributed by atoms with E-state index in [0.717, 1.165) is 18.3 Å². The molecule has 0 N–H and O–H groups in total. The van der Waals surface area contributed by atoms with Gasteiger partial charge in [0.25, 0.3) is 0 Å². The fraction of sp³-hybridized carbons (Fsp3) is 0.667. The summed E-state index contributed by atoms with van der Waals surface area (Å²) < 4.78 is 5.63. The lowest BCUT2D eigenvalue weighted by Gasteiger charge is -2.49. The van der Waals surface area contributed by atoms with Crippen LogP contribution in [0.15, 0.2) is 18.2 Å². The fourth-order valence-electron chi connectivity index (χ4n) is 3.92. The van der Waals surface area contributed by atoms with E-state index in [0.29, 0.717) is 6.04 Å². The van der Waals surface area contributed by atoms with Crippen molar-refractivity contribution in [3.05, 3.63) is 23.8 Å². The molecule has 0 amide bonds. The number of benzene rings is 1. The number of hydrogen-bond acceptors (Lipinski definition) is 3. The third kappa shape index (κ3) is 2.89. The Labute approximate surface area is 128 Å². The van der Waals surface area contributed by atoms with Crippen LogP contribution in [0.1, 0.15) is 38.2 Å². The Morgan fingerprint density at radius 3 is 2.86 bits per heavy atom. The average molecular weight is 288 g/mol. The van der Waals surface area contributed by atoms with Crippen LogP contribution < -0.4 is 9.64 Å². The highest BCUT2D eigenvalue weighted by atomic mass is 16.5. The molecule has 2 fully saturated rings. The zero-order chi connectivity index (χ0) is 14.8. The third-order valence-corrected chi connectivity index (χ3v) is 5.16. The zero-order valence-corrected chi connectivity index (χ0v) is 13.6. The second kappa shape index (κ2) is 6.27. The fourth-order valence-corrected chi connectivity index (χ4v) is 3.92. The van der Waals surface area contributed by atoms with Crippen LogP contribution in [0, 0.1) is 6.92 Å². The molecule has 21 heavy (non-hydrogen) atoms. The molecule has 2 atom stereocenters. The van der Waals surface area contributed by atoms with Crippen molar-refractivity contribution in [1.29, 1.82) is 0 Å². The highest BCUT2D eigenvalue weighted by Crippen LogP contribution is 2.35. The number of aryl methyl sites for hydroxylation is 1. The van der Waals surface area contributed by atoms with E-state index in [1.165, 1.54) is 50.0 Å². The normalized spacial score (nSPS) is 26.5. The summed E-state index contributed by atoms with van der Waals surface area (Å²) in [7, 11) is 1.78. The smallest absolute Gasteiger partial charge is 0.142 e. The molecule has 3 heteroatoms. The molecule has 2 aliphatic rings. The topological polar surface area (TPSA) is 15.7 Å². The molecule has 116 valence electrons. The van der Waals surface area contributed by atoms with Gasteiger partial charge in [-0.3, -0.25) is 4.90 Å². The highest BCUT2D eigenvalue weighted by Gasteiger charge is 2.35. The van der Waals surface area contributed by atoms with Gasteiger partial charge in [0.15, 0.2) is 0 Å². The van der Waals surface area contributed by atoms with Gasteiger partial charge in [-0.2, -0.15) is 0 Å². The number of nitrogens with zero attached hydrogens (tertiary/aromatic N) is 2. The summed E-state index contributed by atoms with van der Waals surface area (Å²) in [5, 5.41) is 0. The second-order valence-electron chi connectivity index (χ2n) is 6.53. The van der Waals surface area contributed by atoms with E-state index in [1.807, 2.05) is 0 Å². The molecule has 0 aliphatic carbocycles. The van der Waals surface area contributed by atoms with Gasteiger partial charge in [0.05, 0.1) is 12.8 Å².